The van der Waals surface area contributed by atoms with Crippen LogP contribution < -0.4 is 5.32 Å². The van der Waals surface area contributed by atoms with Gasteiger partial charge in [-0.05, 0) is 36.8 Å². The summed E-state index contributed by atoms with van der Waals surface area (Å²) in [5.41, 5.74) is 1.16. The largest absolute Gasteiger partial charge is 0.316 e. The fraction of sp³-hybridized carbons (Fsp3) is 1.00. The first-order valence-corrected chi connectivity index (χ1v) is 5.92. The van der Waals surface area contributed by atoms with Crippen LogP contribution in [0, 0.1) is 10.8 Å². The Morgan fingerprint density at radius 2 is 1.71 bits per heavy atom. The molecule has 82 valence electrons. The van der Waals surface area contributed by atoms with Crippen molar-refractivity contribution in [2.75, 3.05) is 32.7 Å². The first kappa shape index (κ1) is 10.4. The van der Waals surface area contributed by atoms with E-state index in [2.05, 4.69) is 31.0 Å². The molecule has 0 amide bonds. The van der Waals surface area contributed by atoms with Gasteiger partial charge in [0, 0.05) is 19.6 Å². The lowest BCUT2D eigenvalue weighted by molar-refractivity contribution is 0.0409. The number of hydrogen-bond acceptors (Lipinski definition) is 2. The van der Waals surface area contributed by atoms with Gasteiger partial charge in [0.1, 0.15) is 0 Å². The highest BCUT2D eigenvalue weighted by molar-refractivity contribution is 4.96. The zero-order valence-corrected chi connectivity index (χ0v) is 9.90. The molecule has 1 spiro atoms. The van der Waals surface area contributed by atoms with Crippen LogP contribution in [0.15, 0.2) is 0 Å². The molecule has 0 aromatic rings. The molecule has 0 unspecified atom stereocenters. The van der Waals surface area contributed by atoms with Gasteiger partial charge in [-0.25, -0.2) is 0 Å². The Morgan fingerprint density at radius 3 is 2.07 bits per heavy atom. The predicted octanol–water partition coefficient (Wildman–Crippen LogP) is 1.72. The van der Waals surface area contributed by atoms with Crippen LogP contribution in [0.3, 0.4) is 0 Å². The summed E-state index contributed by atoms with van der Waals surface area (Å²) < 4.78 is 0. The van der Waals surface area contributed by atoms with Crippen molar-refractivity contribution < 1.29 is 0 Å². The minimum Gasteiger partial charge on any atom is -0.316 e. The second-order valence-corrected chi connectivity index (χ2v) is 6.44. The number of hydrogen-bond donors (Lipinski definition) is 1. The van der Waals surface area contributed by atoms with Crippen molar-refractivity contribution in [3.05, 3.63) is 0 Å². The molecule has 2 aliphatic rings. The smallest absolute Gasteiger partial charge is 0.00300 e. The predicted molar refractivity (Wildman–Crippen MR) is 60.4 cm³/mol. The summed E-state index contributed by atoms with van der Waals surface area (Å²) in [6.45, 7) is 13.5. The first-order valence-electron chi connectivity index (χ1n) is 5.92. The summed E-state index contributed by atoms with van der Waals surface area (Å²) in [7, 11) is 0. The standard InChI is InChI=1S/C12H24N2/c1-11(2,3)10-14-6-4-12(5-7-14)8-13-9-12/h13H,4-10H2,1-3H3. The van der Waals surface area contributed by atoms with E-state index in [-0.39, 0.29) is 0 Å². The van der Waals surface area contributed by atoms with Gasteiger partial charge in [0.2, 0.25) is 0 Å². The van der Waals surface area contributed by atoms with E-state index in [0.29, 0.717) is 10.8 Å². The van der Waals surface area contributed by atoms with E-state index in [0.717, 1.165) is 0 Å². The molecule has 0 aliphatic carbocycles. The third kappa shape index (κ3) is 2.29. The van der Waals surface area contributed by atoms with E-state index in [4.69, 9.17) is 0 Å². The fourth-order valence-electron chi connectivity index (χ4n) is 2.69. The molecule has 2 heteroatoms. The van der Waals surface area contributed by atoms with Gasteiger partial charge in [-0.2, -0.15) is 0 Å². The van der Waals surface area contributed by atoms with Crippen molar-refractivity contribution in [1.82, 2.24) is 10.2 Å². The van der Waals surface area contributed by atoms with Crippen LogP contribution in [0.2, 0.25) is 0 Å². The minimum absolute atomic E-state index is 0.461. The van der Waals surface area contributed by atoms with E-state index in [1.807, 2.05) is 0 Å². The van der Waals surface area contributed by atoms with Crippen LogP contribution in [0.4, 0.5) is 0 Å². The quantitative estimate of drug-likeness (QED) is 0.687. The molecule has 2 saturated heterocycles. The van der Waals surface area contributed by atoms with Crippen LogP contribution in [-0.4, -0.2) is 37.6 Å². The van der Waals surface area contributed by atoms with Gasteiger partial charge in [-0.1, -0.05) is 20.8 Å². The zero-order chi connectivity index (χ0) is 10.2. The molecule has 2 fully saturated rings. The van der Waals surface area contributed by atoms with E-state index < -0.39 is 0 Å². The molecule has 2 aliphatic heterocycles. The van der Waals surface area contributed by atoms with Gasteiger partial charge in [-0.15, -0.1) is 0 Å². The summed E-state index contributed by atoms with van der Waals surface area (Å²) in [5.74, 6) is 0. The highest BCUT2D eigenvalue weighted by Crippen LogP contribution is 2.35. The highest BCUT2D eigenvalue weighted by atomic mass is 15.1. The molecule has 14 heavy (non-hydrogen) atoms. The summed E-state index contributed by atoms with van der Waals surface area (Å²) in [6.07, 6.45) is 2.83. The van der Waals surface area contributed by atoms with Crippen molar-refractivity contribution in [2.24, 2.45) is 10.8 Å². The number of nitrogens with zero attached hydrogens (tertiary/aromatic N) is 1. The van der Waals surface area contributed by atoms with E-state index >= 15 is 0 Å². The average Bonchev–Trinajstić information content (AvgIpc) is 2.00. The summed E-state index contributed by atoms with van der Waals surface area (Å²) in [6, 6.07) is 0. The van der Waals surface area contributed by atoms with E-state index in [1.54, 1.807) is 0 Å². The van der Waals surface area contributed by atoms with Crippen LogP contribution >= 0.6 is 0 Å². The third-order valence-electron chi connectivity index (χ3n) is 3.61. The van der Waals surface area contributed by atoms with Crippen LogP contribution in [-0.2, 0) is 0 Å². The van der Waals surface area contributed by atoms with E-state index in [9.17, 15) is 0 Å². The molecule has 0 aromatic heterocycles. The highest BCUT2D eigenvalue weighted by Gasteiger charge is 2.39. The molecular weight excluding hydrogens is 172 g/mol. The summed E-state index contributed by atoms with van der Waals surface area (Å²) in [4.78, 5) is 2.64. The normalized spacial score (nSPS) is 27.6. The van der Waals surface area contributed by atoms with Crippen LogP contribution in [0.5, 0.6) is 0 Å². The Kier molecular flexibility index (Phi) is 2.61. The Bertz CT molecular complexity index is 191. The summed E-state index contributed by atoms with van der Waals surface area (Å²) in [5, 5.41) is 3.42. The van der Waals surface area contributed by atoms with Gasteiger partial charge in [0.05, 0.1) is 0 Å². The zero-order valence-electron chi connectivity index (χ0n) is 9.90. The van der Waals surface area contributed by atoms with Gasteiger partial charge in [0.15, 0.2) is 0 Å². The second kappa shape index (κ2) is 3.49. The Hall–Kier alpha value is -0.0800. The van der Waals surface area contributed by atoms with Gasteiger partial charge in [0.25, 0.3) is 0 Å². The monoisotopic (exact) mass is 196 g/mol. The van der Waals surface area contributed by atoms with Crippen LogP contribution in [0.25, 0.3) is 0 Å². The molecule has 0 aromatic carbocycles. The van der Waals surface area contributed by atoms with Crippen molar-refractivity contribution in [3.8, 4) is 0 Å². The number of piperidine rings is 1. The fourth-order valence-corrected chi connectivity index (χ4v) is 2.69. The Balaban J connectivity index is 1.78. The Labute approximate surface area is 88.1 Å². The summed E-state index contributed by atoms with van der Waals surface area (Å²) >= 11 is 0. The SMILES string of the molecule is CC(C)(C)CN1CCC2(CC1)CNC2. The van der Waals surface area contributed by atoms with Gasteiger partial charge >= 0.3 is 0 Å². The minimum atomic E-state index is 0.461. The molecule has 2 heterocycles. The molecule has 1 N–H and O–H groups in total. The first-order chi connectivity index (χ1) is 6.49. The van der Waals surface area contributed by atoms with Crippen molar-refractivity contribution in [3.63, 3.8) is 0 Å². The lowest BCUT2D eigenvalue weighted by atomic mass is 9.73. The molecular formula is C12H24N2. The molecule has 2 rings (SSSR count). The van der Waals surface area contributed by atoms with Gasteiger partial charge in [-0.3, -0.25) is 0 Å². The molecule has 0 atom stereocenters. The van der Waals surface area contributed by atoms with E-state index in [1.165, 1.54) is 45.6 Å². The molecule has 0 bridgehead atoms. The second-order valence-electron chi connectivity index (χ2n) is 6.44. The third-order valence-corrected chi connectivity index (χ3v) is 3.61. The van der Waals surface area contributed by atoms with Gasteiger partial charge < -0.3 is 10.2 Å². The molecule has 0 saturated carbocycles. The maximum Gasteiger partial charge on any atom is 0.00300 e. The maximum absolute atomic E-state index is 3.42. The molecule has 0 radical (unpaired) electrons. The van der Waals surface area contributed by atoms with Crippen molar-refractivity contribution in [1.29, 1.82) is 0 Å². The molecule has 2 nitrogen and oxygen atoms in total. The number of likely N-dealkylation sites (tertiary alicyclic amines) is 1. The number of nitrogens with one attached hydrogen (secondary N) is 1. The Morgan fingerprint density at radius 1 is 1.14 bits per heavy atom. The average molecular weight is 196 g/mol. The van der Waals surface area contributed by atoms with Crippen LogP contribution in [0.1, 0.15) is 33.6 Å². The maximum atomic E-state index is 3.42. The lowest BCUT2D eigenvalue weighted by Crippen LogP contribution is -2.58. The number of rotatable bonds is 1. The van der Waals surface area contributed by atoms with Crippen molar-refractivity contribution in [2.45, 2.75) is 33.6 Å². The lowest BCUT2D eigenvalue weighted by Gasteiger charge is -2.49. The van der Waals surface area contributed by atoms with Crippen molar-refractivity contribution >= 4 is 0 Å². The topological polar surface area (TPSA) is 15.3 Å².